The third-order valence-electron chi connectivity index (χ3n) is 3.30. The zero-order chi connectivity index (χ0) is 15.1. The van der Waals surface area contributed by atoms with Gasteiger partial charge in [-0.05, 0) is 18.1 Å². The van der Waals surface area contributed by atoms with Gasteiger partial charge in [-0.3, -0.25) is 9.59 Å². The van der Waals surface area contributed by atoms with E-state index in [1.54, 1.807) is 24.3 Å². The van der Waals surface area contributed by atoms with Crippen molar-refractivity contribution in [2.75, 3.05) is 17.2 Å². The molecule has 1 unspecified atom stereocenters. The van der Waals surface area contributed by atoms with Crippen LogP contribution in [-0.2, 0) is 9.59 Å². The number of nitrogens with two attached hydrogens (primary N) is 1. The number of benzene rings is 1. The van der Waals surface area contributed by atoms with Crippen molar-refractivity contribution in [3.8, 4) is 0 Å². The number of carbonyl (C=O) groups is 2. The largest absolute Gasteiger partial charge is 0.481 e. The van der Waals surface area contributed by atoms with Crippen LogP contribution in [0, 0.1) is 5.92 Å². The Balaban J connectivity index is 2.93. The Morgan fingerprint density at radius 1 is 1.35 bits per heavy atom. The van der Waals surface area contributed by atoms with Gasteiger partial charge in [-0.2, -0.15) is 0 Å². The molecule has 1 rings (SSSR count). The van der Waals surface area contributed by atoms with Crippen molar-refractivity contribution >= 4 is 23.3 Å². The molecule has 0 bridgehead atoms. The summed E-state index contributed by atoms with van der Waals surface area (Å²) >= 11 is 0. The van der Waals surface area contributed by atoms with Crippen LogP contribution in [0.3, 0.4) is 0 Å². The minimum atomic E-state index is -0.930. The Morgan fingerprint density at radius 3 is 2.55 bits per heavy atom. The zero-order valence-electron chi connectivity index (χ0n) is 12.0. The molecule has 5 nitrogen and oxygen atoms in total. The number of nitrogen functional groups attached to an aromatic ring is 1. The molecule has 0 aliphatic rings. The maximum absolute atomic E-state index is 12.4. The van der Waals surface area contributed by atoms with Gasteiger partial charge in [-0.1, -0.05) is 32.4 Å². The Morgan fingerprint density at radius 2 is 2.00 bits per heavy atom. The van der Waals surface area contributed by atoms with Crippen molar-refractivity contribution in [3.63, 3.8) is 0 Å². The third kappa shape index (κ3) is 4.57. The second kappa shape index (κ2) is 7.53. The van der Waals surface area contributed by atoms with Crippen LogP contribution >= 0.6 is 0 Å². The standard InChI is InChI=1S/C15H22N2O3/c1-3-11(2)10-14(18)17(9-8-15(19)20)13-7-5-4-6-12(13)16/h4-7,11H,3,8-10,16H2,1-2H3,(H,19,20). The molecule has 1 atom stereocenters. The Bertz CT molecular complexity index is 474. The molecule has 0 saturated carbocycles. The molecule has 0 fully saturated rings. The van der Waals surface area contributed by atoms with E-state index < -0.39 is 5.97 Å². The summed E-state index contributed by atoms with van der Waals surface area (Å²) in [5.74, 6) is -0.751. The number of hydrogen-bond donors (Lipinski definition) is 2. The number of para-hydroxylation sites is 2. The summed E-state index contributed by atoms with van der Waals surface area (Å²) in [4.78, 5) is 24.6. The molecular weight excluding hydrogens is 256 g/mol. The molecule has 20 heavy (non-hydrogen) atoms. The van der Waals surface area contributed by atoms with Crippen molar-refractivity contribution in [2.24, 2.45) is 5.92 Å². The molecule has 1 amide bonds. The summed E-state index contributed by atoms with van der Waals surface area (Å²) in [5, 5.41) is 8.82. The SMILES string of the molecule is CCC(C)CC(=O)N(CCC(=O)O)c1ccccc1N. The first kappa shape index (κ1) is 16.0. The van der Waals surface area contributed by atoms with Gasteiger partial charge in [0.15, 0.2) is 0 Å². The van der Waals surface area contributed by atoms with E-state index in [2.05, 4.69) is 0 Å². The summed E-state index contributed by atoms with van der Waals surface area (Å²) in [6.07, 6.45) is 1.20. The predicted octanol–water partition coefficient (Wildman–Crippen LogP) is 2.51. The molecule has 0 saturated heterocycles. The second-order valence-corrected chi connectivity index (χ2v) is 4.97. The van der Waals surface area contributed by atoms with Gasteiger partial charge < -0.3 is 15.7 Å². The lowest BCUT2D eigenvalue weighted by atomic mass is 10.0. The molecule has 3 N–H and O–H groups in total. The maximum atomic E-state index is 12.4. The van der Waals surface area contributed by atoms with Gasteiger partial charge in [0.1, 0.15) is 0 Å². The quantitative estimate of drug-likeness (QED) is 0.751. The molecule has 0 radical (unpaired) electrons. The summed E-state index contributed by atoms with van der Waals surface area (Å²) in [5.41, 5.74) is 6.95. The fourth-order valence-electron chi connectivity index (χ4n) is 1.87. The number of hydrogen-bond acceptors (Lipinski definition) is 3. The monoisotopic (exact) mass is 278 g/mol. The number of amides is 1. The van der Waals surface area contributed by atoms with Gasteiger partial charge in [0.25, 0.3) is 0 Å². The van der Waals surface area contributed by atoms with Crippen LogP contribution in [0.4, 0.5) is 11.4 Å². The first-order valence-corrected chi connectivity index (χ1v) is 6.82. The van der Waals surface area contributed by atoms with E-state index in [-0.39, 0.29) is 24.8 Å². The van der Waals surface area contributed by atoms with Crippen LogP contribution in [0.25, 0.3) is 0 Å². The normalized spacial score (nSPS) is 11.9. The number of carboxylic acid groups (broad SMARTS) is 1. The molecule has 0 heterocycles. The first-order valence-electron chi connectivity index (χ1n) is 6.82. The van der Waals surface area contributed by atoms with Crippen LogP contribution in [0.5, 0.6) is 0 Å². The summed E-state index contributed by atoms with van der Waals surface area (Å²) in [6.45, 7) is 4.16. The van der Waals surface area contributed by atoms with Crippen LogP contribution in [-0.4, -0.2) is 23.5 Å². The fraction of sp³-hybridized carbons (Fsp3) is 0.467. The van der Waals surface area contributed by atoms with Crippen LogP contribution in [0.1, 0.15) is 33.1 Å². The van der Waals surface area contributed by atoms with Gasteiger partial charge >= 0.3 is 5.97 Å². The van der Waals surface area contributed by atoms with E-state index in [1.807, 2.05) is 13.8 Å². The number of carbonyl (C=O) groups excluding carboxylic acids is 1. The van der Waals surface area contributed by atoms with Gasteiger partial charge in [0.05, 0.1) is 17.8 Å². The summed E-state index contributed by atoms with van der Waals surface area (Å²) < 4.78 is 0. The zero-order valence-corrected chi connectivity index (χ0v) is 12.0. The average molecular weight is 278 g/mol. The number of nitrogens with zero attached hydrogens (tertiary/aromatic N) is 1. The van der Waals surface area contributed by atoms with Gasteiger partial charge in [-0.15, -0.1) is 0 Å². The molecule has 110 valence electrons. The predicted molar refractivity (Wildman–Crippen MR) is 79.5 cm³/mol. The Hall–Kier alpha value is -2.04. The topological polar surface area (TPSA) is 83.6 Å². The lowest BCUT2D eigenvalue weighted by Gasteiger charge is -2.25. The number of rotatable bonds is 7. The molecular formula is C15H22N2O3. The minimum Gasteiger partial charge on any atom is -0.481 e. The smallest absolute Gasteiger partial charge is 0.305 e. The summed E-state index contributed by atoms with van der Waals surface area (Å²) in [7, 11) is 0. The number of aliphatic carboxylic acids is 1. The molecule has 0 aliphatic carbocycles. The first-order chi connectivity index (χ1) is 9.45. The number of anilines is 2. The Labute approximate surface area is 119 Å². The highest BCUT2D eigenvalue weighted by Gasteiger charge is 2.20. The summed E-state index contributed by atoms with van der Waals surface area (Å²) in [6, 6.07) is 7.02. The average Bonchev–Trinajstić information content (AvgIpc) is 2.40. The van der Waals surface area contributed by atoms with Gasteiger partial charge in [0.2, 0.25) is 5.91 Å². The lowest BCUT2D eigenvalue weighted by Crippen LogP contribution is -2.34. The molecule has 0 spiro atoms. The molecule has 5 heteroatoms. The second-order valence-electron chi connectivity index (χ2n) is 4.97. The molecule has 0 aliphatic heterocycles. The van der Waals surface area contributed by atoms with E-state index in [9.17, 15) is 9.59 Å². The van der Waals surface area contributed by atoms with E-state index in [4.69, 9.17) is 10.8 Å². The third-order valence-corrected chi connectivity index (χ3v) is 3.30. The molecule has 1 aromatic carbocycles. The van der Waals surface area contributed by atoms with E-state index >= 15 is 0 Å². The molecule has 1 aromatic rings. The van der Waals surface area contributed by atoms with Crippen LogP contribution in [0.15, 0.2) is 24.3 Å². The van der Waals surface area contributed by atoms with Crippen molar-refractivity contribution in [3.05, 3.63) is 24.3 Å². The van der Waals surface area contributed by atoms with E-state index in [0.29, 0.717) is 17.8 Å². The van der Waals surface area contributed by atoms with Gasteiger partial charge in [0, 0.05) is 13.0 Å². The fourth-order valence-corrected chi connectivity index (χ4v) is 1.87. The van der Waals surface area contributed by atoms with Crippen molar-refractivity contribution in [2.45, 2.75) is 33.1 Å². The Kier molecular flexibility index (Phi) is 6.03. The van der Waals surface area contributed by atoms with E-state index in [1.165, 1.54) is 4.90 Å². The minimum absolute atomic E-state index is 0.0847. The number of carboxylic acids is 1. The van der Waals surface area contributed by atoms with Crippen LogP contribution in [0.2, 0.25) is 0 Å². The molecule has 0 aromatic heterocycles. The van der Waals surface area contributed by atoms with Crippen LogP contribution < -0.4 is 10.6 Å². The van der Waals surface area contributed by atoms with Crippen molar-refractivity contribution in [1.82, 2.24) is 0 Å². The maximum Gasteiger partial charge on any atom is 0.305 e. The lowest BCUT2D eigenvalue weighted by molar-refractivity contribution is -0.136. The highest BCUT2D eigenvalue weighted by molar-refractivity contribution is 5.96. The van der Waals surface area contributed by atoms with Crippen molar-refractivity contribution < 1.29 is 14.7 Å². The van der Waals surface area contributed by atoms with Gasteiger partial charge in [-0.25, -0.2) is 0 Å². The highest BCUT2D eigenvalue weighted by atomic mass is 16.4. The van der Waals surface area contributed by atoms with E-state index in [0.717, 1.165) is 6.42 Å². The highest BCUT2D eigenvalue weighted by Crippen LogP contribution is 2.24. The van der Waals surface area contributed by atoms with Crippen molar-refractivity contribution in [1.29, 1.82) is 0 Å².